The molecule has 0 aliphatic heterocycles. The van der Waals surface area contributed by atoms with Gasteiger partial charge in [-0.1, -0.05) is 12.1 Å². The van der Waals surface area contributed by atoms with Crippen LogP contribution in [0.1, 0.15) is 32.3 Å². The van der Waals surface area contributed by atoms with Gasteiger partial charge in [0.25, 0.3) is 0 Å². The zero-order valence-electron chi connectivity index (χ0n) is 12.9. The van der Waals surface area contributed by atoms with Crippen molar-refractivity contribution in [3.05, 3.63) is 29.8 Å². The van der Waals surface area contributed by atoms with Gasteiger partial charge in [-0.15, -0.1) is 0 Å². The van der Waals surface area contributed by atoms with Crippen molar-refractivity contribution >= 4 is 11.6 Å². The summed E-state index contributed by atoms with van der Waals surface area (Å²) in [6, 6.07) is 7.66. The first kappa shape index (κ1) is 17.6. The summed E-state index contributed by atoms with van der Waals surface area (Å²) in [5, 5.41) is 2.86. The Kier molecular flexibility index (Phi) is 8.66. The van der Waals surface area contributed by atoms with E-state index >= 15 is 0 Å². The van der Waals surface area contributed by atoms with Crippen LogP contribution in [0.25, 0.3) is 0 Å². The van der Waals surface area contributed by atoms with Gasteiger partial charge in [-0.2, -0.15) is 0 Å². The Hall–Kier alpha value is -1.43. The van der Waals surface area contributed by atoms with E-state index < -0.39 is 0 Å². The van der Waals surface area contributed by atoms with Crippen LogP contribution in [0.5, 0.6) is 0 Å². The van der Waals surface area contributed by atoms with E-state index in [9.17, 15) is 4.79 Å². The van der Waals surface area contributed by atoms with Gasteiger partial charge in [0, 0.05) is 12.1 Å². The average molecular weight is 294 g/mol. The number of amides is 1. The van der Waals surface area contributed by atoms with Crippen LogP contribution in [0.4, 0.5) is 5.69 Å². The van der Waals surface area contributed by atoms with Gasteiger partial charge < -0.3 is 20.5 Å². The van der Waals surface area contributed by atoms with Crippen molar-refractivity contribution in [2.75, 3.05) is 25.1 Å². The van der Waals surface area contributed by atoms with Crippen LogP contribution < -0.4 is 11.1 Å². The fourth-order valence-corrected chi connectivity index (χ4v) is 1.76. The van der Waals surface area contributed by atoms with E-state index in [1.165, 1.54) is 0 Å². The highest BCUT2D eigenvalue weighted by molar-refractivity contribution is 5.90. The molecule has 0 bridgehead atoms. The molecule has 0 aromatic heterocycles. The molecule has 21 heavy (non-hydrogen) atoms. The fraction of sp³-hybridized carbons (Fsp3) is 0.562. The molecular weight excluding hydrogens is 268 g/mol. The zero-order chi connectivity index (χ0) is 15.5. The van der Waals surface area contributed by atoms with E-state index in [0.717, 1.165) is 11.3 Å². The summed E-state index contributed by atoms with van der Waals surface area (Å²) in [5.41, 5.74) is 7.20. The Bertz CT molecular complexity index is 422. The molecule has 1 amide bonds. The molecule has 5 nitrogen and oxygen atoms in total. The Morgan fingerprint density at radius 3 is 2.86 bits per heavy atom. The fourth-order valence-electron chi connectivity index (χ4n) is 1.76. The first-order valence-corrected chi connectivity index (χ1v) is 7.40. The molecule has 0 aliphatic rings. The summed E-state index contributed by atoms with van der Waals surface area (Å²) in [4.78, 5) is 11.6. The lowest BCUT2D eigenvalue weighted by molar-refractivity contribution is -0.116. The van der Waals surface area contributed by atoms with Gasteiger partial charge in [0.15, 0.2) is 0 Å². The van der Waals surface area contributed by atoms with Crippen LogP contribution in [0, 0.1) is 0 Å². The second kappa shape index (κ2) is 10.3. The predicted molar refractivity (Wildman–Crippen MR) is 84.1 cm³/mol. The van der Waals surface area contributed by atoms with Crippen molar-refractivity contribution in [3.63, 3.8) is 0 Å². The molecule has 3 N–H and O–H groups in total. The molecule has 0 fully saturated rings. The van der Waals surface area contributed by atoms with Gasteiger partial charge >= 0.3 is 0 Å². The number of hydrogen-bond donors (Lipinski definition) is 2. The van der Waals surface area contributed by atoms with Crippen molar-refractivity contribution in [1.82, 2.24) is 0 Å². The highest BCUT2D eigenvalue weighted by Gasteiger charge is 2.02. The van der Waals surface area contributed by atoms with Gasteiger partial charge in [0.1, 0.15) is 0 Å². The molecule has 5 heteroatoms. The maximum absolute atomic E-state index is 11.6. The van der Waals surface area contributed by atoms with Gasteiger partial charge in [-0.05, 0) is 44.5 Å². The van der Waals surface area contributed by atoms with E-state index in [-0.39, 0.29) is 12.0 Å². The number of anilines is 1. The normalized spacial score (nSPS) is 10.9. The molecule has 1 aromatic rings. The molecule has 0 unspecified atom stereocenters. The summed E-state index contributed by atoms with van der Waals surface area (Å²) < 4.78 is 10.9. The number of benzene rings is 1. The van der Waals surface area contributed by atoms with Crippen LogP contribution in [0.15, 0.2) is 24.3 Å². The van der Waals surface area contributed by atoms with E-state index in [1.54, 1.807) is 0 Å². The topological polar surface area (TPSA) is 73.6 Å². The van der Waals surface area contributed by atoms with Gasteiger partial charge in [-0.3, -0.25) is 4.79 Å². The van der Waals surface area contributed by atoms with Gasteiger partial charge in [0.05, 0.1) is 25.9 Å². The lowest BCUT2D eigenvalue weighted by Gasteiger charge is -2.09. The maximum Gasteiger partial charge on any atom is 0.224 e. The third-order valence-corrected chi connectivity index (χ3v) is 2.77. The van der Waals surface area contributed by atoms with Crippen molar-refractivity contribution in [1.29, 1.82) is 0 Å². The predicted octanol–water partition coefficient (Wildman–Crippen LogP) is 2.31. The first-order chi connectivity index (χ1) is 10.1. The van der Waals surface area contributed by atoms with Crippen molar-refractivity contribution in [3.8, 4) is 0 Å². The van der Waals surface area contributed by atoms with E-state index in [0.29, 0.717) is 39.2 Å². The number of hydrogen-bond acceptors (Lipinski definition) is 4. The molecule has 1 aromatic carbocycles. The largest absolute Gasteiger partial charge is 0.376 e. The Morgan fingerprint density at radius 2 is 2.14 bits per heavy atom. The van der Waals surface area contributed by atoms with Crippen LogP contribution in [-0.2, 0) is 20.9 Å². The lowest BCUT2D eigenvalue weighted by atomic mass is 10.2. The highest BCUT2D eigenvalue weighted by atomic mass is 16.5. The van der Waals surface area contributed by atoms with Gasteiger partial charge in [-0.25, -0.2) is 0 Å². The number of ether oxygens (including phenoxy) is 2. The van der Waals surface area contributed by atoms with E-state index in [2.05, 4.69) is 5.32 Å². The first-order valence-electron chi connectivity index (χ1n) is 7.40. The standard InChI is InChI=1S/C16H26N2O3/c1-13(2)21-10-9-20-12-14-5-3-6-15(11-14)18-16(19)7-4-8-17/h3,5-6,11,13H,4,7-10,12,17H2,1-2H3,(H,18,19). The quantitative estimate of drug-likeness (QED) is 0.649. The minimum atomic E-state index is -0.0103. The Balaban J connectivity index is 2.33. The monoisotopic (exact) mass is 294 g/mol. The summed E-state index contributed by atoms with van der Waals surface area (Å²) >= 11 is 0. The van der Waals surface area contributed by atoms with Crippen LogP contribution in [-0.4, -0.2) is 31.8 Å². The van der Waals surface area contributed by atoms with Crippen LogP contribution in [0.3, 0.4) is 0 Å². The number of nitrogens with two attached hydrogens (primary N) is 1. The molecule has 0 heterocycles. The van der Waals surface area contributed by atoms with Crippen molar-refractivity contribution in [2.24, 2.45) is 5.73 Å². The molecule has 0 atom stereocenters. The average Bonchev–Trinajstić information content (AvgIpc) is 2.45. The third-order valence-electron chi connectivity index (χ3n) is 2.77. The summed E-state index contributed by atoms with van der Waals surface area (Å²) in [5.74, 6) is -0.0103. The molecule has 1 rings (SSSR count). The van der Waals surface area contributed by atoms with E-state index in [1.807, 2.05) is 38.1 Å². The minimum Gasteiger partial charge on any atom is -0.376 e. The minimum absolute atomic E-state index is 0.0103. The Labute approximate surface area is 126 Å². The number of carbonyl (C=O) groups excluding carboxylic acids is 1. The molecular formula is C16H26N2O3. The van der Waals surface area contributed by atoms with Crippen LogP contribution in [0.2, 0.25) is 0 Å². The lowest BCUT2D eigenvalue weighted by Crippen LogP contribution is -2.13. The zero-order valence-corrected chi connectivity index (χ0v) is 12.9. The molecule has 0 saturated heterocycles. The van der Waals surface area contributed by atoms with E-state index in [4.69, 9.17) is 15.2 Å². The highest BCUT2D eigenvalue weighted by Crippen LogP contribution is 2.12. The second-order valence-electron chi connectivity index (χ2n) is 5.11. The molecule has 0 aliphatic carbocycles. The summed E-state index contributed by atoms with van der Waals surface area (Å²) in [6.45, 7) is 6.18. The number of nitrogens with one attached hydrogen (secondary N) is 1. The summed E-state index contributed by atoms with van der Waals surface area (Å²) in [6.07, 6.45) is 1.37. The number of rotatable bonds is 10. The smallest absolute Gasteiger partial charge is 0.224 e. The van der Waals surface area contributed by atoms with Crippen molar-refractivity contribution < 1.29 is 14.3 Å². The molecule has 0 radical (unpaired) electrons. The second-order valence-corrected chi connectivity index (χ2v) is 5.11. The molecule has 0 spiro atoms. The van der Waals surface area contributed by atoms with Crippen molar-refractivity contribution in [2.45, 2.75) is 39.4 Å². The number of carbonyl (C=O) groups is 1. The third kappa shape index (κ3) is 8.45. The maximum atomic E-state index is 11.6. The SMILES string of the molecule is CC(C)OCCOCc1cccc(NC(=O)CCCN)c1. The summed E-state index contributed by atoms with van der Waals surface area (Å²) in [7, 11) is 0. The molecule has 118 valence electrons. The Morgan fingerprint density at radius 1 is 1.33 bits per heavy atom. The molecule has 0 saturated carbocycles. The van der Waals surface area contributed by atoms with Gasteiger partial charge in [0.2, 0.25) is 5.91 Å². The van der Waals surface area contributed by atoms with Crippen LogP contribution >= 0.6 is 0 Å².